The van der Waals surface area contributed by atoms with Crippen LogP contribution in [0.15, 0.2) is 48.5 Å². The summed E-state index contributed by atoms with van der Waals surface area (Å²) in [6, 6.07) is 18.1. The van der Waals surface area contributed by atoms with Crippen molar-refractivity contribution in [2.45, 2.75) is 156 Å². The minimum absolute atomic E-state index is 0.00399. The van der Waals surface area contributed by atoms with Crippen LogP contribution in [0.2, 0.25) is 0 Å². The Kier molecular flexibility index (Phi) is 95.2. The van der Waals surface area contributed by atoms with Crippen LogP contribution in [0.25, 0.3) is 22.3 Å². The summed E-state index contributed by atoms with van der Waals surface area (Å²) in [5.74, 6) is 2.22. The lowest BCUT2D eigenvalue weighted by Crippen LogP contribution is -2.15. The summed E-state index contributed by atoms with van der Waals surface area (Å²) in [4.78, 5) is 0. The van der Waals surface area contributed by atoms with E-state index in [0.717, 1.165) is 84.4 Å². The molecule has 33 nitrogen and oxygen atoms in total. The Hall–Kier alpha value is -4.14. The van der Waals surface area contributed by atoms with Crippen LogP contribution >= 0.6 is 0 Å². The fourth-order valence-corrected chi connectivity index (χ4v) is 13.3. The second-order valence-corrected chi connectivity index (χ2v) is 31.5. The van der Waals surface area contributed by atoms with Crippen molar-refractivity contribution < 1.29 is 157 Å². The summed E-state index contributed by atoms with van der Waals surface area (Å²) in [7, 11) is 0. The maximum atomic E-state index is 8.76. The molecule has 3 aromatic carbocycles. The quantitative estimate of drug-likeness (QED) is 0.0442. The van der Waals surface area contributed by atoms with Gasteiger partial charge in [0.05, 0.1) is 377 Å². The molecule has 0 saturated heterocycles. The summed E-state index contributed by atoms with van der Waals surface area (Å²) in [6.07, 6.45) is 24.1. The van der Waals surface area contributed by atoms with Gasteiger partial charge in [-0.2, -0.15) is 0 Å². The lowest BCUT2D eigenvalue weighted by Gasteiger charge is -2.23. The molecule has 788 valence electrons. The maximum absolute atomic E-state index is 8.76. The first-order valence-electron chi connectivity index (χ1n) is 50.8. The zero-order valence-corrected chi connectivity index (χ0v) is 83.5. The van der Waals surface area contributed by atoms with Gasteiger partial charge in [-0.25, -0.2) is 0 Å². The summed E-state index contributed by atoms with van der Waals surface area (Å²) in [5.41, 5.74) is 7.50. The molecule has 0 unspecified atom stereocenters. The van der Waals surface area contributed by atoms with Gasteiger partial charge in [0.1, 0.15) is 37.1 Å². The van der Waals surface area contributed by atoms with E-state index in [1.807, 2.05) is 0 Å². The Morgan fingerprint density at radius 2 is 0.311 bits per heavy atom. The Morgan fingerprint density at radius 3 is 0.504 bits per heavy atom. The van der Waals surface area contributed by atoms with E-state index in [9.17, 15) is 0 Å². The van der Waals surface area contributed by atoms with Gasteiger partial charge in [0, 0.05) is 22.3 Å². The second-order valence-electron chi connectivity index (χ2n) is 31.5. The highest BCUT2D eigenvalue weighted by atomic mass is 16.6. The van der Waals surface area contributed by atoms with Gasteiger partial charge < -0.3 is 157 Å². The van der Waals surface area contributed by atoms with Crippen LogP contribution in [0, 0.1) is 0 Å². The molecule has 0 aliphatic carbocycles. The Morgan fingerprint density at radius 1 is 0.156 bits per heavy atom. The minimum atomic E-state index is 0.00399. The van der Waals surface area contributed by atoms with Gasteiger partial charge in [0.25, 0.3) is 0 Å². The zero-order valence-electron chi connectivity index (χ0n) is 83.5. The van der Waals surface area contributed by atoms with Crippen molar-refractivity contribution in [2.75, 3.05) is 396 Å². The number of unbranched alkanes of at least 4 members (excludes halogenated alkanes) is 15. The summed E-state index contributed by atoms with van der Waals surface area (Å²) >= 11 is 0. The van der Waals surface area contributed by atoms with E-state index in [4.69, 9.17) is 157 Å². The average molecular weight is 1940 g/mol. The minimum Gasteiger partial charge on any atom is -0.491 e. The third-order valence-electron chi connectivity index (χ3n) is 20.4. The molecular formula is C102H182O33. The Bertz CT molecular complexity index is 2750. The third kappa shape index (κ3) is 80.0. The van der Waals surface area contributed by atoms with Crippen molar-refractivity contribution >= 4 is 0 Å². The summed E-state index contributed by atoms with van der Waals surface area (Å²) in [5, 5.41) is 26.3. The second kappa shape index (κ2) is 103. The third-order valence-corrected chi connectivity index (χ3v) is 20.4. The topological polar surface area (TPSA) is 338 Å². The molecule has 0 fully saturated rings. The molecule has 3 rings (SSSR count). The fourth-order valence-electron chi connectivity index (χ4n) is 13.3. The highest BCUT2D eigenvalue weighted by Gasteiger charge is 2.23. The van der Waals surface area contributed by atoms with Crippen molar-refractivity contribution in [1.29, 1.82) is 0 Å². The van der Waals surface area contributed by atoms with E-state index in [1.54, 1.807) is 0 Å². The largest absolute Gasteiger partial charge is 0.491 e. The normalized spacial score (nSPS) is 11.7. The number of aliphatic hydroxyl groups excluding tert-OH is 3. The number of rotatable bonds is 113. The van der Waals surface area contributed by atoms with E-state index < -0.39 is 0 Å². The number of aliphatic hydroxyl groups is 3. The van der Waals surface area contributed by atoms with Gasteiger partial charge in [-0.3, -0.25) is 0 Å². The van der Waals surface area contributed by atoms with Gasteiger partial charge in [-0.1, -0.05) is 129 Å². The van der Waals surface area contributed by atoms with Crippen LogP contribution < -0.4 is 14.2 Å². The van der Waals surface area contributed by atoms with E-state index in [0.29, 0.717) is 370 Å². The SMILES string of the molecule is CCCCCCCCc1ccc(OCCOCCOCCOCCOCCOCCOCCOCCOCCOCCO)c(-c2cc(CCCCCCCC)cc(-c3cc(CCCCCCCC)ccc3OCCOCCOCCOCCOCCOCCOCCOCCOCCOCCO)c2OCCOCCOCCOCCOCCOCCOCCOCCOCCOCCO)c1. The number of benzene rings is 3. The van der Waals surface area contributed by atoms with E-state index in [1.165, 1.54) is 107 Å². The first kappa shape index (κ1) is 125. The molecule has 135 heavy (non-hydrogen) atoms. The van der Waals surface area contributed by atoms with Crippen LogP contribution in [0.4, 0.5) is 0 Å². The Labute approximate surface area is 810 Å². The van der Waals surface area contributed by atoms with Crippen molar-refractivity contribution in [1.82, 2.24) is 0 Å². The molecule has 0 atom stereocenters. The van der Waals surface area contributed by atoms with Gasteiger partial charge >= 0.3 is 0 Å². The van der Waals surface area contributed by atoms with E-state index in [-0.39, 0.29) is 26.4 Å². The molecule has 0 heterocycles. The molecule has 0 aliphatic heterocycles. The first-order valence-corrected chi connectivity index (χ1v) is 50.8. The van der Waals surface area contributed by atoms with Gasteiger partial charge in [-0.05, 0) is 91.6 Å². The van der Waals surface area contributed by atoms with Crippen LogP contribution in [0.3, 0.4) is 0 Å². The number of hydrogen-bond donors (Lipinski definition) is 3. The maximum Gasteiger partial charge on any atom is 0.135 e. The molecule has 0 spiro atoms. The van der Waals surface area contributed by atoms with Gasteiger partial charge in [0.15, 0.2) is 0 Å². The first-order chi connectivity index (χ1) is 67.1. The molecule has 0 saturated carbocycles. The molecule has 33 heteroatoms. The molecule has 0 aromatic heterocycles. The highest BCUT2D eigenvalue weighted by molar-refractivity contribution is 5.88. The van der Waals surface area contributed by atoms with Crippen LogP contribution in [-0.2, 0) is 147 Å². The molecule has 0 amide bonds. The zero-order chi connectivity index (χ0) is 95.9. The number of hydrogen-bond acceptors (Lipinski definition) is 33. The predicted octanol–water partition coefficient (Wildman–Crippen LogP) is 12.3. The Balaban J connectivity index is 1.71. The predicted molar refractivity (Wildman–Crippen MR) is 518 cm³/mol. The van der Waals surface area contributed by atoms with Crippen molar-refractivity contribution in [3.63, 3.8) is 0 Å². The van der Waals surface area contributed by atoms with Crippen LogP contribution in [0.5, 0.6) is 17.2 Å². The molecule has 3 N–H and O–H groups in total. The summed E-state index contributed by atoms with van der Waals surface area (Å²) in [6.45, 7) is 31.2. The van der Waals surface area contributed by atoms with Crippen molar-refractivity contribution in [3.05, 3.63) is 65.2 Å². The average Bonchev–Trinajstić information content (AvgIpc) is 0.765. The van der Waals surface area contributed by atoms with Crippen LogP contribution in [0.1, 0.15) is 153 Å². The van der Waals surface area contributed by atoms with Gasteiger partial charge in [-0.15, -0.1) is 0 Å². The van der Waals surface area contributed by atoms with Gasteiger partial charge in [0.2, 0.25) is 0 Å². The molecule has 0 radical (unpaired) electrons. The highest BCUT2D eigenvalue weighted by Crippen LogP contribution is 2.47. The lowest BCUT2D eigenvalue weighted by atomic mass is 9.89. The standard InChI is InChI=1S/C102H182O33/c1-4-7-10-13-16-19-22-93-25-27-100(133-86-83-130-80-77-127-74-71-124-68-65-121-62-59-118-56-53-115-50-47-112-44-41-109-38-35-106-32-29-103)96(89-93)98-91-95(24-21-18-15-12-9-6-3)92-99(102(98)135-88-85-132-82-79-129-76-73-126-70-67-123-64-61-120-58-55-117-52-49-114-46-43-111-40-37-108-34-31-105)97-90-94(23-20-17-14-11-8-5-2)26-28-101(97)134-87-84-131-81-78-128-75-72-125-69-66-122-63-60-119-57-54-116-51-48-113-45-42-110-39-36-107-33-30-104/h25-28,89-92,103-105H,4-24,29-88H2,1-3H3. The molecule has 0 bridgehead atoms. The van der Waals surface area contributed by atoms with Crippen molar-refractivity contribution in [3.8, 4) is 39.5 Å². The van der Waals surface area contributed by atoms with E-state index in [2.05, 4.69) is 69.3 Å². The monoisotopic (exact) mass is 1940 g/mol. The van der Waals surface area contributed by atoms with E-state index >= 15 is 0 Å². The molecule has 0 aliphatic rings. The molecular weight excluding hydrogens is 1750 g/mol. The fraction of sp³-hybridized carbons (Fsp3) is 0.824. The van der Waals surface area contributed by atoms with Crippen molar-refractivity contribution in [2.24, 2.45) is 0 Å². The smallest absolute Gasteiger partial charge is 0.135 e. The number of ether oxygens (including phenoxy) is 30. The summed E-state index contributed by atoms with van der Waals surface area (Å²) < 4.78 is 174. The van der Waals surface area contributed by atoms with Crippen LogP contribution in [-0.4, -0.2) is 412 Å². The number of aryl methyl sites for hydroxylation is 3. The lowest BCUT2D eigenvalue weighted by molar-refractivity contribution is -0.0258. The molecule has 3 aromatic rings.